The number of amides is 1. The van der Waals surface area contributed by atoms with Gasteiger partial charge in [0.15, 0.2) is 14.6 Å². The highest BCUT2D eigenvalue weighted by Gasteiger charge is 2.43. The summed E-state index contributed by atoms with van der Waals surface area (Å²) in [5.41, 5.74) is 3.59. The summed E-state index contributed by atoms with van der Waals surface area (Å²) in [5, 5.41) is 17.7. The summed E-state index contributed by atoms with van der Waals surface area (Å²) in [5.74, 6) is -1.04. The summed E-state index contributed by atoms with van der Waals surface area (Å²) in [6.45, 7) is 1.30. The summed E-state index contributed by atoms with van der Waals surface area (Å²) in [7, 11) is -3.83. The van der Waals surface area contributed by atoms with Crippen molar-refractivity contribution in [3.63, 3.8) is 0 Å². The molecule has 30 heavy (non-hydrogen) atoms. The molecule has 2 rings (SSSR count). The van der Waals surface area contributed by atoms with E-state index in [1.807, 2.05) is 36.4 Å². The molecule has 0 saturated heterocycles. The van der Waals surface area contributed by atoms with Gasteiger partial charge in [0.2, 0.25) is 0 Å². The molecule has 3 N–H and O–H groups in total. The number of nitrogens with zero attached hydrogens (tertiary/aromatic N) is 1. The molecule has 1 aromatic heterocycles. The van der Waals surface area contributed by atoms with Crippen molar-refractivity contribution in [1.82, 2.24) is 10.0 Å². The lowest BCUT2D eigenvalue weighted by Gasteiger charge is -2.25. The van der Waals surface area contributed by atoms with Gasteiger partial charge in [0.05, 0.1) is 0 Å². The van der Waals surface area contributed by atoms with Crippen LogP contribution in [-0.4, -0.2) is 46.8 Å². The van der Waals surface area contributed by atoms with Crippen LogP contribution in [0.1, 0.15) is 25.3 Å². The molecular formula is C21H26N2O6S. The molecule has 1 atom stereocenters. The van der Waals surface area contributed by atoms with E-state index in [1.165, 1.54) is 23.0 Å². The predicted molar refractivity (Wildman–Crippen MR) is 115 cm³/mol. The molecule has 0 aliphatic heterocycles. The quantitative estimate of drug-likeness (QED) is 0.407. The minimum absolute atomic E-state index is 0.00923. The van der Waals surface area contributed by atoms with Gasteiger partial charge in [-0.25, -0.2) is 13.9 Å². The highest BCUT2D eigenvalue weighted by atomic mass is 32.2. The number of hydrogen-bond donors (Lipinski definition) is 3. The van der Waals surface area contributed by atoms with Crippen LogP contribution in [0.5, 0.6) is 0 Å². The Morgan fingerprint density at radius 2 is 1.87 bits per heavy atom. The van der Waals surface area contributed by atoms with E-state index in [4.69, 9.17) is 10.3 Å². The Balaban J connectivity index is 2.19. The second kappa shape index (κ2) is 9.84. The van der Waals surface area contributed by atoms with Crippen molar-refractivity contribution >= 4 is 21.8 Å². The zero-order valence-electron chi connectivity index (χ0n) is 16.9. The standard InChI is InChI=1S/C21H26N2O6S/c1-21(20(26)22-27,30(2,28)29)11-13-23-12-10-18(15-19(23)25)17-8-6-16(7-9-17)5-3-4-14-24/h3,5-10,12,15,24,27H,4,11,13-14H2,1-2H3,(H,22,26). The van der Waals surface area contributed by atoms with Crippen LogP contribution in [0.2, 0.25) is 0 Å². The topological polar surface area (TPSA) is 126 Å². The number of aryl methyl sites for hydroxylation is 1. The summed E-state index contributed by atoms with van der Waals surface area (Å²) in [6, 6.07) is 10.7. The largest absolute Gasteiger partial charge is 0.396 e. The van der Waals surface area contributed by atoms with Gasteiger partial charge in [-0.3, -0.25) is 14.8 Å². The van der Waals surface area contributed by atoms with Crippen LogP contribution in [0.3, 0.4) is 0 Å². The molecule has 9 heteroatoms. The van der Waals surface area contributed by atoms with Gasteiger partial charge in [0.1, 0.15) is 0 Å². The SMILES string of the molecule is CC(CCn1ccc(-c2ccc(C=CCCO)cc2)cc1=O)(C(=O)NO)S(C)(=O)=O. The third kappa shape index (κ3) is 5.44. The minimum atomic E-state index is -3.83. The van der Waals surface area contributed by atoms with Crippen LogP contribution < -0.4 is 11.0 Å². The molecule has 0 aliphatic rings. The number of hydroxylamine groups is 1. The third-order valence-electron chi connectivity index (χ3n) is 5.08. The fraction of sp³-hybridized carbons (Fsp3) is 0.333. The number of pyridine rings is 1. The number of aliphatic hydroxyl groups excluding tert-OH is 1. The van der Waals surface area contributed by atoms with E-state index in [0.717, 1.165) is 17.4 Å². The first kappa shape index (κ1) is 23.5. The first-order chi connectivity index (χ1) is 14.1. The van der Waals surface area contributed by atoms with Gasteiger partial charge in [-0.15, -0.1) is 0 Å². The van der Waals surface area contributed by atoms with Gasteiger partial charge in [0, 0.05) is 31.7 Å². The Bertz CT molecular complexity index is 1070. The molecule has 0 aliphatic carbocycles. The van der Waals surface area contributed by atoms with Gasteiger partial charge >= 0.3 is 0 Å². The molecule has 8 nitrogen and oxygen atoms in total. The number of carbonyl (C=O) groups excluding carboxylic acids is 1. The molecule has 1 amide bonds. The molecule has 162 valence electrons. The van der Waals surface area contributed by atoms with Gasteiger partial charge < -0.3 is 9.67 Å². The summed E-state index contributed by atoms with van der Waals surface area (Å²) < 4.78 is 23.5. The lowest BCUT2D eigenvalue weighted by Crippen LogP contribution is -2.49. The minimum Gasteiger partial charge on any atom is -0.396 e. The predicted octanol–water partition coefficient (Wildman–Crippen LogP) is 1.61. The molecule has 0 fully saturated rings. The lowest BCUT2D eigenvalue weighted by molar-refractivity contribution is -0.131. The van der Waals surface area contributed by atoms with Crippen molar-refractivity contribution in [3.8, 4) is 11.1 Å². The molecule has 0 bridgehead atoms. The third-order valence-corrected chi connectivity index (χ3v) is 7.10. The van der Waals surface area contributed by atoms with Crippen molar-refractivity contribution < 1.29 is 23.5 Å². The van der Waals surface area contributed by atoms with E-state index < -0.39 is 20.5 Å². The monoisotopic (exact) mass is 434 g/mol. The maximum absolute atomic E-state index is 12.5. The van der Waals surface area contributed by atoms with E-state index in [-0.39, 0.29) is 25.1 Å². The van der Waals surface area contributed by atoms with Gasteiger partial charge in [-0.05, 0) is 42.5 Å². The molecule has 1 heterocycles. The fourth-order valence-corrected chi connectivity index (χ4v) is 3.72. The molecule has 1 unspecified atom stereocenters. The lowest BCUT2D eigenvalue weighted by atomic mass is 10.0. The number of aliphatic hydroxyl groups is 1. The second-order valence-corrected chi connectivity index (χ2v) is 9.62. The van der Waals surface area contributed by atoms with Gasteiger partial charge in [-0.1, -0.05) is 36.4 Å². The summed E-state index contributed by atoms with van der Waals surface area (Å²) in [4.78, 5) is 24.4. The van der Waals surface area contributed by atoms with E-state index in [2.05, 4.69) is 0 Å². The normalized spacial score (nSPS) is 13.9. The first-order valence-electron chi connectivity index (χ1n) is 9.35. The van der Waals surface area contributed by atoms with Gasteiger partial charge in [0.25, 0.3) is 11.5 Å². The average molecular weight is 435 g/mol. The van der Waals surface area contributed by atoms with Crippen molar-refractivity contribution in [2.75, 3.05) is 12.9 Å². The summed E-state index contributed by atoms with van der Waals surface area (Å²) in [6.07, 6.45) is 6.64. The van der Waals surface area contributed by atoms with Crippen LogP contribution in [0.25, 0.3) is 17.2 Å². The van der Waals surface area contributed by atoms with E-state index in [0.29, 0.717) is 12.0 Å². The van der Waals surface area contributed by atoms with E-state index in [1.54, 1.807) is 12.3 Å². The van der Waals surface area contributed by atoms with Crippen molar-refractivity contribution in [1.29, 1.82) is 0 Å². The zero-order chi connectivity index (χ0) is 22.4. The number of nitrogens with one attached hydrogen (secondary N) is 1. The highest BCUT2D eigenvalue weighted by molar-refractivity contribution is 7.92. The van der Waals surface area contributed by atoms with Crippen LogP contribution in [0.4, 0.5) is 0 Å². The molecular weight excluding hydrogens is 408 g/mol. The Hall–Kier alpha value is -2.75. The number of carbonyl (C=O) groups is 1. The number of rotatable bonds is 9. The highest BCUT2D eigenvalue weighted by Crippen LogP contribution is 2.23. The van der Waals surface area contributed by atoms with Crippen molar-refractivity contribution in [3.05, 3.63) is 64.6 Å². The van der Waals surface area contributed by atoms with Gasteiger partial charge in [-0.2, -0.15) is 0 Å². The molecule has 0 radical (unpaired) electrons. The average Bonchev–Trinajstić information content (AvgIpc) is 2.71. The maximum atomic E-state index is 12.5. The van der Waals surface area contributed by atoms with Crippen molar-refractivity contribution in [2.24, 2.45) is 0 Å². The Kier molecular flexibility index (Phi) is 7.71. The zero-order valence-corrected chi connectivity index (χ0v) is 17.7. The smallest absolute Gasteiger partial charge is 0.264 e. The summed E-state index contributed by atoms with van der Waals surface area (Å²) >= 11 is 0. The molecule has 0 saturated carbocycles. The Morgan fingerprint density at radius 1 is 1.20 bits per heavy atom. The van der Waals surface area contributed by atoms with Crippen LogP contribution in [0, 0.1) is 0 Å². The Labute approximate surface area is 175 Å². The van der Waals surface area contributed by atoms with E-state index >= 15 is 0 Å². The van der Waals surface area contributed by atoms with Crippen molar-refractivity contribution in [2.45, 2.75) is 31.1 Å². The van der Waals surface area contributed by atoms with Crippen LogP contribution >= 0.6 is 0 Å². The second-order valence-electron chi connectivity index (χ2n) is 7.18. The number of benzene rings is 1. The van der Waals surface area contributed by atoms with Crippen LogP contribution in [-0.2, 0) is 21.2 Å². The molecule has 0 spiro atoms. The molecule has 1 aromatic carbocycles. The number of sulfone groups is 1. The molecule has 2 aromatic rings. The van der Waals surface area contributed by atoms with Crippen LogP contribution in [0.15, 0.2) is 53.5 Å². The van der Waals surface area contributed by atoms with E-state index in [9.17, 15) is 18.0 Å². The first-order valence-corrected chi connectivity index (χ1v) is 11.2. The number of aromatic nitrogens is 1. The Morgan fingerprint density at radius 3 is 2.40 bits per heavy atom. The maximum Gasteiger partial charge on any atom is 0.264 e. The fourth-order valence-electron chi connectivity index (χ4n) is 2.87. The number of hydrogen-bond acceptors (Lipinski definition) is 6.